The van der Waals surface area contributed by atoms with E-state index in [4.69, 9.17) is 0 Å². The second-order valence-corrected chi connectivity index (χ2v) is 4.54. The Balaban J connectivity index is 2.20. The van der Waals surface area contributed by atoms with Crippen molar-refractivity contribution in [2.75, 3.05) is 13.6 Å². The molecule has 0 N–H and O–H groups in total. The SMILES string of the molecule is CN1CCCC2(C)CC12C. The van der Waals surface area contributed by atoms with E-state index in [1.807, 2.05) is 0 Å². The molecule has 1 nitrogen and oxygen atoms in total. The Morgan fingerprint density at radius 2 is 2.00 bits per heavy atom. The smallest absolute Gasteiger partial charge is 0.0238 e. The zero-order valence-electron chi connectivity index (χ0n) is 7.28. The van der Waals surface area contributed by atoms with Crippen molar-refractivity contribution < 1.29 is 0 Å². The third-order valence-corrected chi connectivity index (χ3v) is 3.97. The molecule has 2 atom stereocenters. The average molecular weight is 139 g/mol. The number of likely N-dealkylation sites (tertiary alicyclic amines) is 1. The maximum atomic E-state index is 2.54. The molecule has 1 aliphatic carbocycles. The molecule has 2 fully saturated rings. The molecule has 58 valence electrons. The monoisotopic (exact) mass is 139 g/mol. The average Bonchev–Trinajstić information content (AvgIpc) is 2.38. The molecule has 2 aliphatic rings. The van der Waals surface area contributed by atoms with Gasteiger partial charge in [-0.15, -0.1) is 0 Å². The van der Waals surface area contributed by atoms with Crippen LogP contribution in [0.2, 0.25) is 0 Å². The minimum atomic E-state index is 0.575. The van der Waals surface area contributed by atoms with E-state index in [0.717, 1.165) is 0 Å². The quantitative estimate of drug-likeness (QED) is 0.495. The van der Waals surface area contributed by atoms with Gasteiger partial charge in [-0.05, 0) is 45.2 Å². The summed E-state index contributed by atoms with van der Waals surface area (Å²) in [7, 11) is 2.27. The number of nitrogens with zero attached hydrogens (tertiary/aromatic N) is 1. The lowest BCUT2D eigenvalue weighted by Gasteiger charge is -2.34. The molecular formula is C9H17N. The van der Waals surface area contributed by atoms with Crippen molar-refractivity contribution in [1.29, 1.82) is 0 Å². The van der Waals surface area contributed by atoms with E-state index in [0.29, 0.717) is 11.0 Å². The molecule has 0 aromatic heterocycles. The largest absolute Gasteiger partial charge is 0.300 e. The molecule has 10 heavy (non-hydrogen) atoms. The summed E-state index contributed by atoms with van der Waals surface area (Å²) in [6, 6.07) is 0. The molecule has 0 bridgehead atoms. The fourth-order valence-electron chi connectivity index (χ4n) is 2.62. The number of hydrogen-bond acceptors (Lipinski definition) is 1. The number of hydrogen-bond donors (Lipinski definition) is 0. The second-order valence-electron chi connectivity index (χ2n) is 4.54. The van der Waals surface area contributed by atoms with Gasteiger partial charge < -0.3 is 4.90 Å². The maximum absolute atomic E-state index is 2.54. The van der Waals surface area contributed by atoms with E-state index in [1.165, 1.54) is 25.8 Å². The van der Waals surface area contributed by atoms with Gasteiger partial charge >= 0.3 is 0 Å². The Bertz CT molecular complexity index is 166. The van der Waals surface area contributed by atoms with Gasteiger partial charge in [-0.3, -0.25) is 0 Å². The molecule has 0 aromatic carbocycles. The van der Waals surface area contributed by atoms with Crippen LogP contribution in [0.15, 0.2) is 0 Å². The van der Waals surface area contributed by atoms with Gasteiger partial charge in [0.15, 0.2) is 0 Å². The lowest BCUT2D eigenvalue weighted by molar-refractivity contribution is 0.142. The summed E-state index contributed by atoms with van der Waals surface area (Å²) in [5.41, 5.74) is 1.26. The van der Waals surface area contributed by atoms with Crippen LogP contribution >= 0.6 is 0 Å². The van der Waals surface area contributed by atoms with Crippen LogP contribution < -0.4 is 0 Å². The van der Waals surface area contributed by atoms with Crippen LogP contribution in [0.3, 0.4) is 0 Å². The van der Waals surface area contributed by atoms with Gasteiger partial charge in [0.1, 0.15) is 0 Å². The minimum absolute atomic E-state index is 0.575. The van der Waals surface area contributed by atoms with E-state index in [-0.39, 0.29) is 0 Å². The molecule has 2 rings (SSSR count). The summed E-state index contributed by atoms with van der Waals surface area (Å²) in [6.45, 7) is 6.15. The Labute approximate surface area is 63.4 Å². The number of fused-ring (bicyclic) bond motifs is 1. The van der Waals surface area contributed by atoms with Gasteiger partial charge in [0.2, 0.25) is 0 Å². The topological polar surface area (TPSA) is 3.24 Å². The molecule has 1 aliphatic heterocycles. The zero-order chi connectivity index (χ0) is 7.41. The van der Waals surface area contributed by atoms with Crippen LogP contribution in [-0.2, 0) is 0 Å². The fourth-order valence-corrected chi connectivity index (χ4v) is 2.62. The van der Waals surface area contributed by atoms with Gasteiger partial charge in [-0.25, -0.2) is 0 Å². The summed E-state index contributed by atoms with van der Waals surface area (Å²) in [4.78, 5) is 2.54. The van der Waals surface area contributed by atoms with Crippen molar-refractivity contribution >= 4 is 0 Å². The summed E-state index contributed by atoms with van der Waals surface area (Å²) in [5, 5.41) is 0. The van der Waals surface area contributed by atoms with Crippen LogP contribution in [0, 0.1) is 5.41 Å². The van der Waals surface area contributed by atoms with Crippen molar-refractivity contribution in [2.45, 2.75) is 38.6 Å². The highest BCUT2D eigenvalue weighted by molar-refractivity contribution is 5.18. The third-order valence-electron chi connectivity index (χ3n) is 3.97. The highest BCUT2D eigenvalue weighted by Gasteiger charge is 2.63. The fraction of sp³-hybridized carbons (Fsp3) is 1.00. The van der Waals surface area contributed by atoms with Crippen LogP contribution in [-0.4, -0.2) is 24.0 Å². The lowest BCUT2D eigenvalue weighted by Crippen LogP contribution is -2.40. The highest BCUT2D eigenvalue weighted by atomic mass is 15.2. The predicted molar refractivity (Wildman–Crippen MR) is 43.0 cm³/mol. The van der Waals surface area contributed by atoms with Crippen molar-refractivity contribution in [3.63, 3.8) is 0 Å². The Kier molecular flexibility index (Phi) is 1.05. The third kappa shape index (κ3) is 0.572. The van der Waals surface area contributed by atoms with E-state index in [1.54, 1.807) is 0 Å². The molecule has 0 amide bonds. The summed E-state index contributed by atoms with van der Waals surface area (Å²) in [5.74, 6) is 0. The Hall–Kier alpha value is -0.0400. The van der Waals surface area contributed by atoms with Crippen molar-refractivity contribution in [3.8, 4) is 0 Å². The predicted octanol–water partition coefficient (Wildman–Crippen LogP) is 1.88. The maximum Gasteiger partial charge on any atom is 0.0238 e. The van der Waals surface area contributed by atoms with Crippen molar-refractivity contribution in [3.05, 3.63) is 0 Å². The first-order chi connectivity index (χ1) is 4.58. The molecule has 0 spiro atoms. The summed E-state index contributed by atoms with van der Waals surface area (Å²) < 4.78 is 0. The first-order valence-corrected chi connectivity index (χ1v) is 4.30. The molecule has 0 radical (unpaired) electrons. The van der Waals surface area contributed by atoms with Gasteiger partial charge in [0, 0.05) is 5.54 Å². The van der Waals surface area contributed by atoms with Crippen molar-refractivity contribution in [2.24, 2.45) is 5.41 Å². The van der Waals surface area contributed by atoms with E-state index < -0.39 is 0 Å². The van der Waals surface area contributed by atoms with Crippen molar-refractivity contribution in [1.82, 2.24) is 4.90 Å². The van der Waals surface area contributed by atoms with Gasteiger partial charge in [-0.1, -0.05) is 6.92 Å². The molecule has 1 heterocycles. The Morgan fingerprint density at radius 1 is 1.30 bits per heavy atom. The zero-order valence-corrected chi connectivity index (χ0v) is 7.28. The molecule has 1 saturated carbocycles. The van der Waals surface area contributed by atoms with Gasteiger partial charge in [0.05, 0.1) is 0 Å². The molecule has 0 aromatic rings. The Morgan fingerprint density at radius 3 is 2.50 bits per heavy atom. The first kappa shape index (κ1) is 6.66. The number of rotatable bonds is 0. The van der Waals surface area contributed by atoms with E-state index in [2.05, 4.69) is 25.8 Å². The first-order valence-electron chi connectivity index (χ1n) is 4.30. The molecule has 1 saturated heterocycles. The van der Waals surface area contributed by atoms with Crippen LogP contribution in [0.4, 0.5) is 0 Å². The van der Waals surface area contributed by atoms with Crippen LogP contribution in [0.1, 0.15) is 33.1 Å². The minimum Gasteiger partial charge on any atom is -0.300 e. The summed E-state index contributed by atoms with van der Waals surface area (Å²) in [6.07, 6.45) is 4.28. The van der Waals surface area contributed by atoms with Gasteiger partial charge in [0.25, 0.3) is 0 Å². The van der Waals surface area contributed by atoms with Gasteiger partial charge in [-0.2, -0.15) is 0 Å². The lowest BCUT2D eigenvalue weighted by atomic mass is 9.92. The highest BCUT2D eigenvalue weighted by Crippen LogP contribution is 2.63. The standard InChI is InChI=1S/C9H17N/c1-8-5-4-6-10(3)9(8,2)7-8/h4-7H2,1-3H3. The molecule has 1 heteroatoms. The van der Waals surface area contributed by atoms with Crippen LogP contribution in [0.5, 0.6) is 0 Å². The second kappa shape index (κ2) is 1.58. The summed E-state index contributed by atoms with van der Waals surface area (Å²) >= 11 is 0. The normalized spacial score (nSPS) is 54.3. The molecular weight excluding hydrogens is 122 g/mol. The van der Waals surface area contributed by atoms with E-state index in [9.17, 15) is 0 Å². The molecule has 2 unspecified atom stereocenters. The van der Waals surface area contributed by atoms with Crippen LogP contribution in [0.25, 0.3) is 0 Å². The number of piperidine rings is 1. The van der Waals surface area contributed by atoms with E-state index >= 15 is 0 Å².